The minimum Gasteiger partial charge on any atom is -0.495 e. The van der Waals surface area contributed by atoms with Crippen molar-refractivity contribution in [1.29, 1.82) is 5.26 Å². The molecule has 0 aliphatic carbocycles. The number of nitriles is 1. The lowest BCUT2D eigenvalue weighted by Gasteiger charge is -2.12. The van der Waals surface area contributed by atoms with Crippen molar-refractivity contribution in [3.8, 4) is 28.8 Å². The molecule has 1 aromatic heterocycles. The van der Waals surface area contributed by atoms with Crippen molar-refractivity contribution in [3.63, 3.8) is 0 Å². The van der Waals surface area contributed by atoms with E-state index in [1.54, 1.807) is 29.6 Å². The van der Waals surface area contributed by atoms with Gasteiger partial charge in [0, 0.05) is 41.4 Å². The number of hydrogen-bond acceptors (Lipinski definition) is 8. The Morgan fingerprint density at radius 3 is 2.73 bits per heavy atom. The first-order valence-electron chi connectivity index (χ1n) is 8.46. The van der Waals surface area contributed by atoms with Crippen molar-refractivity contribution in [2.45, 2.75) is 0 Å². The lowest BCUT2D eigenvalue weighted by atomic mass is 10.1. The van der Waals surface area contributed by atoms with E-state index >= 15 is 0 Å². The Labute approximate surface area is 181 Å². The second-order valence-electron chi connectivity index (χ2n) is 5.85. The molecule has 0 amide bonds. The van der Waals surface area contributed by atoms with Gasteiger partial charge in [-0.3, -0.25) is 10.1 Å². The monoisotopic (exact) mass is 442 g/mol. The average molecular weight is 443 g/mol. The molecule has 0 atom stereocenters. The van der Waals surface area contributed by atoms with Gasteiger partial charge in [-0.05, 0) is 0 Å². The van der Waals surface area contributed by atoms with E-state index in [-0.39, 0.29) is 11.3 Å². The van der Waals surface area contributed by atoms with Gasteiger partial charge >= 0.3 is 0 Å². The highest BCUT2D eigenvalue weighted by molar-refractivity contribution is 7.11. The molecule has 0 radical (unpaired) electrons. The molecule has 1 heterocycles. The number of thiazole rings is 1. The molecule has 152 valence electrons. The van der Waals surface area contributed by atoms with Crippen LogP contribution >= 0.6 is 22.9 Å². The number of nitrogens with zero attached hydrogens (tertiary/aromatic N) is 3. The number of benzene rings is 2. The standard InChI is InChI=1S/C20H15ClN4O4S/c1-28-18-8-16(19(29-2)7-15(18)21)23-10-13(9-22)20-24-17(11-30-20)12-4-3-5-14(6-12)25(26)27/h3-8,10-11,23H,1-2H3. The zero-order chi connectivity index (χ0) is 21.7. The summed E-state index contributed by atoms with van der Waals surface area (Å²) in [7, 11) is 3.00. The molecule has 3 aromatic rings. The second kappa shape index (κ2) is 9.26. The molecule has 1 N–H and O–H groups in total. The zero-order valence-electron chi connectivity index (χ0n) is 15.9. The van der Waals surface area contributed by atoms with Crippen LogP contribution in [0.1, 0.15) is 5.01 Å². The summed E-state index contributed by atoms with van der Waals surface area (Å²) in [4.78, 5) is 15.0. The van der Waals surface area contributed by atoms with Gasteiger partial charge in [-0.15, -0.1) is 11.3 Å². The summed E-state index contributed by atoms with van der Waals surface area (Å²) < 4.78 is 10.5. The molecule has 0 unspecified atom stereocenters. The van der Waals surface area contributed by atoms with Crippen LogP contribution < -0.4 is 14.8 Å². The summed E-state index contributed by atoms with van der Waals surface area (Å²) >= 11 is 7.36. The fourth-order valence-electron chi connectivity index (χ4n) is 2.57. The Hall–Kier alpha value is -3.61. The van der Waals surface area contributed by atoms with Crippen LogP contribution in [0.3, 0.4) is 0 Å². The molecule has 0 fully saturated rings. The predicted octanol–water partition coefficient (Wildman–Crippen LogP) is 5.37. The molecular formula is C20H15ClN4O4S. The highest BCUT2D eigenvalue weighted by Gasteiger charge is 2.13. The van der Waals surface area contributed by atoms with E-state index in [2.05, 4.69) is 16.4 Å². The quantitative estimate of drug-likeness (QED) is 0.297. The molecule has 0 aliphatic rings. The van der Waals surface area contributed by atoms with E-state index in [1.165, 1.54) is 43.9 Å². The highest BCUT2D eigenvalue weighted by atomic mass is 35.5. The van der Waals surface area contributed by atoms with E-state index in [0.29, 0.717) is 38.5 Å². The van der Waals surface area contributed by atoms with E-state index in [9.17, 15) is 15.4 Å². The topological polar surface area (TPSA) is 110 Å². The van der Waals surface area contributed by atoms with Crippen LogP contribution in [0.15, 0.2) is 48.0 Å². The van der Waals surface area contributed by atoms with Gasteiger partial charge in [-0.25, -0.2) is 4.98 Å². The first-order valence-corrected chi connectivity index (χ1v) is 9.71. The zero-order valence-corrected chi connectivity index (χ0v) is 17.5. The number of non-ortho nitro benzene ring substituents is 1. The van der Waals surface area contributed by atoms with Crippen molar-refractivity contribution in [2.75, 3.05) is 19.5 Å². The fourth-order valence-corrected chi connectivity index (χ4v) is 3.60. The van der Waals surface area contributed by atoms with Crippen LogP contribution in [-0.2, 0) is 0 Å². The molecule has 0 saturated carbocycles. The minimum atomic E-state index is -0.463. The molecule has 0 spiro atoms. The Balaban J connectivity index is 1.89. The fraction of sp³-hybridized carbons (Fsp3) is 0.100. The van der Waals surface area contributed by atoms with E-state index < -0.39 is 4.92 Å². The normalized spacial score (nSPS) is 10.9. The highest BCUT2D eigenvalue weighted by Crippen LogP contribution is 2.36. The molecule has 0 aliphatic heterocycles. The number of nitro groups is 1. The Kier molecular flexibility index (Phi) is 6.51. The largest absolute Gasteiger partial charge is 0.495 e. The van der Waals surface area contributed by atoms with Crippen LogP contribution in [0.2, 0.25) is 5.02 Å². The summed E-state index contributed by atoms with van der Waals surface area (Å²) in [6.45, 7) is 0. The van der Waals surface area contributed by atoms with Gasteiger partial charge in [0.15, 0.2) is 0 Å². The molecule has 0 bridgehead atoms. The SMILES string of the molecule is COc1cc(NC=C(C#N)c2nc(-c3cccc([N+](=O)[O-])c3)cs2)c(OC)cc1Cl. The van der Waals surface area contributed by atoms with Crippen molar-refractivity contribution in [1.82, 2.24) is 4.98 Å². The number of methoxy groups -OCH3 is 2. The van der Waals surface area contributed by atoms with Crippen molar-refractivity contribution in [2.24, 2.45) is 0 Å². The predicted molar refractivity (Wildman–Crippen MR) is 116 cm³/mol. The van der Waals surface area contributed by atoms with Crippen LogP contribution in [0.5, 0.6) is 11.5 Å². The van der Waals surface area contributed by atoms with E-state index in [4.69, 9.17) is 21.1 Å². The van der Waals surface area contributed by atoms with Gasteiger partial charge in [0.2, 0.25) is 0 Å². The molecule has 10 heteroatoms. The van der Waals surface area contributed by atoms with Crippen LogP contribution in [0, 0.1) is 21.4 Å². The van der Waals surface area contributed by atoms with Crippen LogP contribution in [0.25, 0.3) is 16.8 Å². The van der Waals surface area contributed by atoms with Gasteiger partial charge < -0.3 is 14.8 Å². The number of ether oxygens (including phenoxy) is 2. The lowest BCUT2D eigenvalue weighted by Crippen LogP contribution is -1.96. The van der Waals surface area contributed by atoms with Crippen molar-refractivity contribution in [3.05, 3.63) is 68.1 Å². The lowest BCUT2D eigenvalue weighted by molar-refractivity contribution is -0.384. The smallest absolute Gasteiger partial charge is 0.270 e. The number of aromatic nitrogens is 1. The third-order valence-electron chi connectivity index (χ3n) is 4.05. The van der Waals surface area contributed by atoms with Gasteiger partial charge in [0.05, 0.1) is 35.5 Å². The molecule has 0 saturated heterocycles. The summed E-state index contributed by atoms with van der Waals surface area (Å²) in [5.41, 5.74) is 1.96. The van der Waals surface area contributed by atoms with Crippen molar-refractivity contribution < 1.29 is 14.4 Å². The van der Waals surface area contributed by atoms with E-state index in [1.807, 2.05) is 0 Å². The minimum absolute atomic E-state index is 0.0245. The van der Waals surface area contributed by atoms with Crippen molar-refractivity contribution >= 4 is 39.9 Å². The Bertz CT molecular complexity index is 1170. The third kappa shape index (κ3) is 4.51. The Morgan fingerprint density at radius 2 is 2.07 bits per heavy atom. The Morgan fingerprint density at radius 1 is 1.30 bits per heavy atom. The summed E-state index contributed by atoms with van der Waals surface area (Å²) in [5.74, 6) is 0.930. The molecular weight excluding hydrogens is 428 g/mol. The maximum atomic E-state index is 11.0. The van der Waals surface area contributed by atoms with Gasteiger partial charge in [-0.1, -0.05) is 23.7 Å². The maximum absolute atomic E-state index is 11.0. The van der Waals surface area contributed by atoms with Crippen LogP contribution in [-0.4, -0.2) is 24.1 Å². The number of hydrogen-bond donors (Lipinski definition) is 1. The first kappa shape index (κ1) is 21.1. The number of nitro benzene ring substituents is 1. The average Bonchev–Trinajstić information content (AvgIpc) is 3.25. The summed E-state index contributed by atoms with van der Waals surface area (Å²) in [6.07, 6.45) is 1.50. The first-order chi connectivity index (χ1) is 14.5. The molecule has 2 aromatic carbocycles. The number of rotatable bonds is 7. The molecule has 30 heavy (non-hydrogen) atoms. The summed E-state index contributed by atoms with van der Waals surface area (Å²) in [6, 6.07) is 11.5. The van der Waals surface area contributed by atoms with Gasteiger partial charge in [-0.2, -0.15) is 5.26 Å². The third-order valence-corrected chi connectivity index (χ3v) is 5.22. The summed E-state index contributed by atoms with van der Waals surface area (Å²) in [5, 5.41) is 26.2. The number of anilines is 1. The van der Waals surface area contributed by atoms with E-state index in [0.717, 1.165) is 0 Å². The van der Waals surface area contributed by atoms with Gasteiger partial charge in [0.1, 0.15) is 28.1 Å². The van der Waals surface area contributed by atoms with Gasteiger partial charge in [0.25, 0.3) is 5.69 Å². The van der Waals surface area contributed by atoms with Crippen LogP contribution in [0.4, 0.5) is 11.4 Å². The maximum Gasteiger partial charge on any atom is 0.270 e. The number of halogens is 1. The second-order valence-corrected chi connectivity index (χ2v) is 7.11. The number of allylic oxidation sites excluding steroid dienone is 1. The molecule has 3 rings (SSSR count). The molecule has 8 nitrogen and oxygen atoms in total. The number of nitrogens with one attached hydrogen (secondary N) is 1.